The van der Waals surface area contributed by atoms with Crippen LogP contribution in [0, 0.1) is 5.92 Å². The summed E-state index contributed by atoms with van der Waals surface area (Å²) in [6, 6.07) is 0. The van der Waals surface area contributed by atoms with E-state index in [1.807, 2.05) is 0 Å². The molecule has 0 radical (unpaired) electrons. The van der Waals surface area contributed by atoms with Crippen molar-refractivity contribution in [3.63, 3.8) is 0 Å². The van der Waals surface area contributed by atoms with Gasteiger partial charge in [-0.2, -0.15) is 0 Å². The van der Waals surface area contributed by atoms with Crippen molar-refractivity contribution >= 4 is 0 Å². The lowest BCUT2D eigenvalue weighted by molar-refractivity contribution is 0.338. The van der Waals surface area contributed by atoms with Gasteiger partial charge in [-0.05, 0) is 18.8 Å². The molecule has 2 unspecified atom stereocenters. The Bertz CT molecular complexity index is 212. The van der Waals surface area contributed by atoms with Crippen LogP contribution in [0.25, 0.3) is 0 Å². The summed E-state index contributed by atoms with van der Waals surface area (Å²) in [5, 5.41) is 0. The second-order valence-corrected chi connectivity index (χ2v) is 7.17. The minimum atomic E-state index is 0.609. The van der Waals surface area contributed by atoms with Crippen molar-refractivity contribution in [3.05, 3.63) is 0 Å². The van der Waals surface area contributed by atoms with Crippen molar-refractivity contribution in [1.29, 1.82) is 0 Å². The van der Waals surface area contributed by atoms with Gasteiger partial charge in [0.15, 0.2) is 0 Å². The molecule has 0 amide bonds. The highest BCUT2D eigenvalue weighted by Gasteiger charge is 2.37. The minimum Gasteiger partial charge on any atom is -0.370 e. The molecule has 0 saturated carbocycles. The number of ether oxygens (including phenoxy) is 1. The van der Waals surface area contributed by atoms with Gasteiger partial charge in [-0.1, -0.05) is 91.4 Å². The normalized spacial score (nSPS) is 21.6. The number of epoxide rings is 1. The molecule has 120 valence electrons. The predicted molar refractivity (Wildman–Crippen MR) is 89.2 cm³/mol. The first kappa shape index (κ1) is 18.0. The van der Waals surface area contributed by atoms with E-state index >= 15 is 0 Å². The van der Waals surface area contributed by atoms with Gasteiger partial charge in [0.1, 0.15) is 0 Å². The molecule has 0 bridgehead atoms. The summed E-state index contributed by atoms with van der Waals surface area (Å²) in [7, 11) is 0. The zero-order valence-corrected chi connectivity index (χ0v) is 14.3. The molecule has 0 aromatic heterocycles. The third kappa shape index (κ3) is 9.80. The Kier molecular flexibility index (Phi) is 10.4. The van der Waals surface area contributed by atoms with Crippen LogP contribution in [0.2, 0.25) is 0 Å². The third-order valence-corrected chi connectivity index (χ3v) is 4.48. The first-order chi connectivity index (χ1) is 9.74. The van der Waals surface area contributed by atoms with E-state index in [2.05, 4.69) is 20.8 Å². The maximum absolute atomic E-state index is 5.72. The van der Waals surface area contributed by atoms with Crippen LogP contribution in [-0.2, 0) is 4.74 Å². The molecule has 0 aliphatic carbocycles. The summed E-state index contributed by atoms with van der Waals surface area (Å²) < 4.78 is 5.72. The van der Waals surface area contributed by atoms with Crippen molar-refractivity contribution in [2.24, 2.45) is 5.92 Å². The van der Waals surface area contributed by atoms with Crippen molar-refractivity contribution in [2.75, 3.05) is 0 Å². The van der Waals surface area contributed by atoms with E-state index in [9.17, 15) is 0 Å². The molecule has 20 heavy (non-hydrogen) atoms. The Hall–Kier alpha value is -0.0400. The maximum Gasteiger partial charge on any atom is 0.0844 e. The molecule has 1 saturated heterocycles. The first-order valence-electron chi connectivity index (χ1n) is 9.39. The van der Waals surface area contributed by atoms with E-state index in [-0.39, 0.29) is 0 Å². The standard InChI is InChI=1S/C19H38O/c1-4-5-6-7-8-9-10-11-12-13-14-15-18-19(20-18)16-17(2)3/h17-19H,4-16H2,1-3H3. The van der Waals surface area contributed by atoms with Gasteiger partial charge in [0.2, 0.25) is 0 Å². The summed E-state index contributed by atoms with van der Waals surface area (Å²) in [4.78, 5) is 0. The van der Waals surface area contributed by atoms with E-state index in [1.165, 1.54) is 83.5 Å². The number of hydrogen-bond acceptors (Lipinski definition) is 1. The Morgan fingerprint density at radius 2 is 1.20 bits per heavy atom. The minimum absolute atomic E-state index is 0.609. The number of hydrogen-bond donors (Lipinski definition) is 0. The Morgan fingerprint density at radius 1 is 0.700 bits per heavy atom. The van der Waals surface area contributed by atoms with Crippen LogP contribution in [0.3, 0.4) is 0 Å². The van der Waals surface area contributed by atoms with Crippen molar-refractivity contribution in [1.82, 2.24) is 0 Å². The van der Waals surface area contributed by atoms with Gasteiger partial charge in [0, 0.05) is 0 Å². The van der Waals surface area contributed by atoms with Gasteiger partial charge >= 0.3 is 0 Å². The fraction of sp³-hybridized carbons (Fsp3) is 1.00. The maximum atomic E-state index is 5.72. The van der Waals surface area contributed by atoms with Crippen LogP contribution in [0.4, 0.5) is 0 Å². The van der Waals surface area contributed by atoms with Gasteiger partial charge < -0.3 is 4.74 Å². The number of unbranched alkanes of at least 4 members (excludes halogenated alkanes) is 10. The van der Waals surface area contributed by atoms with Gasteiger partial charge in [0.25, 0.3) is 0 Å². The molecular weight excluding hydrogens is 244 g/mol. The molecular formula is C19H38O. The van der Waals surface area contributed by atoms with Crippen molar-refractivity contribution < 1.29 is 4.74 Å². The van der Waals surface area contributed by atoms with Gasteiger partial charge in [-0.25, -0.2) is 0 Å². The SMILES string of the molecule is CCCCCCCCCCCCCC1OC1CC(C)C. The molecule has 1 aliphatic heterocycles. The molecule has 1 heteroatoms. The average molecular weight is 283 g/mol. The summed E-state index contributed by atoms with van der Waals surface area (Å²) in [6.07, 6.45) is 19.6. The predicted octanol–water partition coefficient (Wildman–Crippen LogP) is 6.50. The van der Waals surface area contributed by atoms with Crippen LogP contribution in [0.1, 0.15) is 104 Å². The second kappa shape index (κ2) is 11.6. The highest BCUT2D eigenvalue weighted by molar-refractivity contribution is 4.85. The van der Waals surface area contributed by atoms with Crippen LogP contribution >= 0.6 is 0 Å². The van der Waals surface area contributed by atoms with E-state index < -0.39 is 0 Å². The molecule has 1 fully saturated rings. The molecule has 1 aliphatic rings. The first-order valence-corrected chi connectivity index (χ1v) is 9.39. The highest BCUT2D eigenvalue weighted by atomic mass is 16.6. The van der Waals surface area contributed by atoms with Crippen molar-refractivity contribution in [2.45, 2.75) is 116 Å². The fourth-order valence-electron chi connectivity index (χ4n) is 3.11. The third-order valence-electron chi connectivity index (χ3n) is 4.48. The molecule has 1 rings (SSSR count). The lowest BCUT2D eigenvalue weighted by Gasteiger charge is -2.02. The zero-order valence-electron chi connectivity index (χ0n) is 14.3. The van der Waals surface area contributed by atoms with Crippen molar-refractivity contribution in [3.8, 4) is 0 Å². The molecule has 2 atom stereocenters. The fourth-order valence-corrected chi connectivity index (χ4v) is 3.11. The van der Waals surface area contributed by atoms with Gasteiger partial charge in [-0.15, -0.1) is 0 Å². The molecule has 0 N–H and O–H groups in total. The Labute approximate surface area is 127 Å². The van der Waals surface area contributed by atoms with E-state index in [1.54, 1.807) is 0 Å². The van der Waals surface area contributed by atoms with Crippen LogP contribution in [0.5, 0.6) is 0 Å². The molecule has 0 aromatic rings. The Balaban J connectivity index is 1.71. The summed E-state index contributed by atoms with van der Waals surface area (Å²) in [5.41, 5.74) is 0. The summed E-state index contributed by atoms with van der Waals surface area (Å²) in [5.74, 6) is 0.794. The summed E-state index contributed by atoms with van der Waals surface area (Å²) in [6.45, 7) is 6.87. The average Bonchev–Trinajstić information content (AvgIpc) is 3.13. The van der Waals surface area contributed by atoms with E-state index in [4.69, 9.17) is 4.74 Å². The van der Waals surface area contributed by atoms with Gasteiger partial charge in [0.05, 0.1) is 12.2 Å². The zero-order chi connectivity index (χ0) is 14.6. The number of rotatable bonds is 14. The quantitative estimate of drug-likeness (QED) is 0.261. The Morgan fingerprint density at radius 3 is 1.70 bits per heavy atom. The van der Waals surface area contributed by atoms with Crippen LogP contribution < -0.4 is 0 Å². The lowest BCUT2D eigenvalue weighted by Crippen LogP contribution is -1.98. The monoisotopic (exact) mass is 282 g/mol. The highest BCUT2D eigenvalue weighted by Crippen LogP contribution is 2.32. The smallest absolute Gasteiger partial charge is 0.0844 e. The largest absolute Gasteiger partial charge is 0.370 e. The molecule has 0 spiro atoms. The van der Waals surface area contributed by atoms with E-state index in [0.717, 1.165) is 5.92 Å². The topological polar surface area (TPSA) is 12.5 Å². The molecule has 1 heterocycles. The van der Waals surface area contributed by atoms with Gasteiger partial charge in [-0.3, -0.25) is 0 Å². The second-order valence-electron chi connectivity index (χ2n) is 7.17. The lowest BCUT2D eigenvalue weighted by atomic mass is 10.0. The molecule has 0 aromatic carbocycles. The van der Waals surface area contributed by atoms with E-state index in [0.29, 0.717) is 12.2 Å². The summed E-state index contributed by atoms with van der Waals surface area (Å²) >= 11 is 0. The van der Waals surface area contributed by atoms with Crippen LogP contribution in [0.15, 0.2) is 0 Å². The molecule has 1 nitrogen and oxygen atoms in total. The van der Waals surface area contributed by atoms with Crippen LogP contribution in [-0.4, -0.2) is 12.2 Å².